The standard InChI is InChI=1S/C21H24N6O2/c1-14(28)25-19-18(16-8-10-23-11-9-16)26-21(27(2)20(19)29)24-13-17(22)12-15-6-4-3-5-7-15/h3-11,17H,12-13,22H2,1-2H3,(H,24,26)(H,25,28)/t17-/m1/s1. The Kier molecular flexibility index (Phi) is 6.36. The van der Waals surface area contributed by atoms with Gasteiger partial charge in [0.15, 0.2) is 0 Å². The van der Waals surface area contributed by atoms with E-state index >= 15 is 0 Å². The average molecular weight is 392 g/mol. The molecule has 3 rings (SSSR count). The Hall–Kier alpha value is -3.52. The molecule has 0 aliphatic carbocycles. The number of amides is 1. The van der Waals surface area contributed by atoms with Crippen molar-refractivity contribution < 1.29 is 4.79 Å². The van der Waals surface area contributed by atoms with Crippen LogP contribution in [0, 0.1) is 0 Å². The zero-order chi connectivity index (χ0) is 20.8. The fourth-order valence-corrected chi connectivity index (χ4v) is 2.98. The maximum Gasteiger partial charge on any atom is 0.279 e. The van der Waals surface area contributed by atoms with E-state index in [-0.39, 0.29) is 23.2 Å². The van der Waals surface area contributed by atoms with Gasteiger partial charge < -0.3 is 16.4 Å². The van der Waals surface area contributed by atoms with Gasteiger partial charge in [-0.2, -0.15) is 0 Å². The molecule has 4 N–H and O–H groups in total. The molecular formula is C21H24N6O2. The van der Waals surface area contributed by atoms with Crippen molar-refractivity contribution in [2.45, 2.75) is 19.4 Å². The first-order valence-electron chi connectivity index (χ1n) is 9.28. The summed E-state index contributed by atoms with van der Waals surface area (Å²) in [6.45, 7) is 1.79. The number of benzene rings is 1. The van der Waals surface area contributed by atoms with Gasteiger partial charge in [0.05, 0.1) is 0 Å². The maximum atomic E-state index is 12.9. The van der Waals surface area contributed by atoms with Gasteiger partial charge in [-0.05, 0) is 24.1 Å². The lowest BCUT2D eigenvalue weighted by Gasteiger charge is -2.18. The van der Waals surface area contributed by atoms with Gasteiger partial charge in [0, 0.05) is 44.5 Å². The van der Waals surface area contributed by atoms with Crippen LogP contribution in [0.15, 0.2) is 59.7 Å². The Morgan fingerprint density at radius 2 is 1.86 bits per heavy atom. The molecule has 29 heavy (non-hydrogen) atoms. The zero-order valence-corrected chi connectivity index (χ0v) is 16.4. The van der Waals surface area contributed by atoms with Gasteiger partial charge in [0.2, 0.25) is 11.9 Å². The van der Waals surface area contributed by atoms with Crippen molar-refractivity contribution in [2.75, 3.05) is 17.2 Å². The number of anilines is 2. The summed E-state index contributed by atoms with van der Waals surface area (Å²) in [5, 5.41) is 5.76. The molecular weight excluding hydrogens is 368 g/mol. The highest BCUT2D eigenvalue weighted by molar-refractivity contribution is 5.93. The first-order valence-corrected chi connectivity index (χ1v) is 9.28. The van der Waals surface area contributed by atoms with Crippen molar-refractivity contribution in [3.63, 3.8) is 0 Å². The van der Waals surface area contributed by atoms with E-state index in [1.165, 1.54) is 11.5 Å². The van der Waals surface area contributed by atoms with Crippen molar-refractivity contribution in [3.8, 4) is 11.3 Å². The fraction of sp³-hybridized carbons (Fsp3) is 0.238. The molecule has 0 aliphatic heterocycles. The van der Waals surface area contributed by atoms with Crippen LogP contribution in [0.1, 0.15) is 12.5 Å². The van der Waals surface area contributed by atoms with Crippen LogP contribution in [0.5, 0.6) is 0 Å². The van der Waals surface area contributed by atoms with Crippen molar-refractivity contribution in [1.29, 1.82) is 0 Å². The van der Waals surface area contributed by atoms with Gasteiger partial charge in [0.25, 0.3) is 5.56 Å². The lowest BCUT2D eigenvalue weighted by molar-refractivity contribution is -0.114. The minimum absolute atomic E-state index is 0.130. The van der Waals surface area contributed by atoms with Crippen molar-refractivity contribution >= 4 is 17.5 Å². The molecule has 0 aliphatic rings. The van der Waals surface area contributed by atoms with Gasteiger partial charge in [-0.15, -0.1) is 0 Å². The van der Waals surface area contributed by atoms with Crippen LogP contribution >= 0.6 is 0 Å². The SMILES string of the molecule is CC(=O)Nc1c(-c2ccncc2)nc(NC[C@H](N)Cc2ccccc2)n(C)c1=O. The quantitative estimate of drug-likeness (QED) is 0.565. The Morgan fingerprint density at radius 1 is 1.17 bits per heavy atom. The maximum absolute atomic E-state index is 12.9. The smallest absolute Gasteiger partial charge is 0.279 e. The third-order valence-corrected chi connectivity index (χ3v) is 4.41. The highest BCUT2D eigenvalue weighted by Crippen LogP contribution is 2.24. The van der Waals surface area contributed by atoms with Crippen molar-refractivity contribution in [2.24, 2.45) is 12.8 Å². The first-order chi connectivity index (χ1) is 14.0. The molecule has 0 radical (unpaired) electrons. The van der Waals surface area contributed by atoms with Crippen LogP contribution in [0.3, 0.4) is 0 Å². The number of nitrogens with zero attached hydrogens (tertiary/aromatic N) is 3. The third kappa shape index (κ3) is 5.05. The molecule has 8 heteroatoms. The summed E-state index contributed by atoms with van der Waals surface area (Å²) < 4.78 is 1.37. The molecule has 2 heterocycles. The number of aromatic nitrogens is 3. The summed E-state index contributed by atoms with van der Waals surface area (Å²) in [5.41, 5.74) is 8.21. The Morgan fingerprint density at radius 3 is 2.52 bits per heavy atom. The first kappa shape index (κ1) is 20.2. The van der Waals surface area contributed by atoms with Gasteiger partial charge in [-0.1, -0.05) is 30.3 Å². The minimum atomic E-state index is -0.360. The normalized spacial score (nSPS) is 11.7. The Balaban J connectivity index is 1.88. The van der Waals surface area contributed by atoms with Gasteiger partial charge in [-0.25, -0.2) is 4.98 Å². The number of carbonyl (C=O) groups excluding carboxylic acids is 1. The van der Waals surface area contributed by atoms with E-state index in [0.717, 1.165) is 5.56 Å². The number of nitrogens with two attached hydrogens (primary N) is 1. The van der Waals surface area contributed by atoms with Crippen LogP contribution in [-0.2, 0) is 18.3 Å². The third-order valence-electron chi connectivity index (χ3n) is 4.41. The summed E-state index contributed by atoms with van der Waals surface area (Å²) >= 11 is 0. The van der Waals surface area contributed by atoms with Crippen LogP contribution < -0.4 is 21.9 Å². The van der Waals surface area contributed by atoms with Crippen molar-refractivity contribution in [1.82, 2.24) is 14.5 Å². The number of hydrogen-bond acceptors (Lipinski definition) is 6. The van der Waals surface area contributed by atoms with Crippen molar-refractivity contribution in [3.05, 3.63) is 70.8 Å². The number of pyridine rings is 1. The van der Waals surface area contributed by atoms with E-state index in [0.29, 0.717) is 30.2 Å². The second-order valence-corrected chi connectivity index (χ2v) is 6.77. The van der Waals surface area contributed by atoms with E-state index < -0.39 is 0 Å². The van der Waals surface area contributed by atoms with E-state index in [2.05, 4.69) is 20.6 Å². The summed E-state index contributed by atoms with van der Waals surface area (Å²) in [4.78, 5) is 33.1. The second-order valence-electron chi connectivity index (χ2n) is 6.77. The highest BCUT2D eigenvalue weighted by atomic mass is 16.2. The monoisotopic (exact) mass is 392 g/mol. The summed E-state index contributed by atoms with van der Waals surface area (Å²) in [6, 6.07) is 13.3. The lowest BCUT2D eigenvalue weighted by atomic mass is 10.1. The Labute approximate surface area is 168 Å². The van der Waals surface area contributed by atoms with Crippen LogP contribution in [0.25, 0.3) is 11.3 Å². The molecule has 2 aromatic heterocycles. The van der Waals surface area contributed by atoms with E-state index in [1.54, 1.807) is 31.6 Å². The molecule has 1 atom stereocenters. The molecule has 1 aromatic carbocycles. The molecule has 0 unspecified atom stereocenters. The minimum Gasteiger partial charge on any atom is -0.354 e. The topological polar surface area (TPSA) is 115 Å². The predicted octanol–water partition coefficient (Wildman–Crippen LogP) is 1.78. The molecule has 0 bridgehead atoms. The zero-order valence-electron chi connectivity index (χ0n) is 16.4. The van der Waals surface area contributed by atoms with Crippen LogP contribution in [0.4, 0.5) is 11.6 Å². The van der Waals surface area contributed by atoms with Gasteiger partial charge >= 0.3 is 0 Å². The molecule has 0 saturated heterocycles. The summed E-state index contributed by atoms with van der Waals surface area (Å²) in [7, 11) is 1.60. The van der Waals surface area contributed by atoms with Crippen LogP contribution in [-0.4, -0.2) is 33.0 Å². The Bertz CT molecular complexity index is 1030. The lowest BCUT2D eigenvalue weighted by Crippen LogP contribution is -2.34. The molecule has 3 aromatic rings. The summed E-state index contributed by atoms with van der Waals surface area (Å²) in [5.74, 6) is 0.0317. The molecule has 1 amide bonds. The molecule has 0 fully saturated rings. The number of rotatable bonds is 7. The second kappa shape index (κ2) is 9.11. The molecule has 0 saturated carbocycles. The van der Waals surface area contributed by atoms with Gasteiger partial charge in [0.1, 0.15) is 11.4 Å². The number of hydrogen-bond donors (Lipinski definition) is 3. The number of carbonyl (C=O) groups is 1. The summed E-state index contributed by atoms with van der Waals surface area (Å²) in [6.07, 6.45) is 3.91. The van der Waals surface area contributed by atoms with E-state index in [9.17, 15) is 9.59 Å². The largest absolute Gasteiger partial charge is 0.354 e. The average Bonchev–Trinajstić information content (AvgIpc) is 2.72. The number of nitrogens with one attached hydrogen (secondary N) is 2. The molecule has 0 spiro atoms. The van der Waals surface area contributed by atoms with E-state index in [4.69, 9.17) is 5.73 Å². The molecule has 150 valence electrons. The van der Waals surface area contributed by atoms with Crippen LogP contribution in [0.2, 0.25) is 0 Å². The predicted molar refractivity (Wildman–Crippen MR) is 114 cm³/mol. The van der Waals surface area contributed by atoms with E-state index in [1.807, 2.05) is 30.3 Å². The molecule has 8 nitrogen and oxygen atoms in total. The van der Waals surface area contributed by atoms with Gasteiger partial charge in [-0.3, -0.25) is 19.1 Å². The fourth-order valence-electron chi connectivity index (χ4n) is 2.98. The highest BCUT2D eigenvalue weighted by Gasteiger charge is 2.18.